The average Bonchev–Trinajstić information content (AvgIpc) is 2.54. The molecule has 1 aliphatic heterocycles. The number of aliphatic imine (C=N–C) groups is 3. The summed E-state index contributed by atoms with van der Waals surface area (Å²) >= 11 is 0. The number of ether oxygens (including phenoxy) is 1. The lowest BCUT2D eigenvalue weighted by molar-refractivity contribution is 0.0274. The van der Waals surface area contributed by atoms with Crippen LogP contribution in [0.2, 0.25) is 0 Å². The largest absolute Gasteiger partial charge is 0.444 e. The third-order valence-electron chi connectivity index (χ3n) is 3.49. The Bertz CT molecular complexity index is 677. The van der Waals surface area contributed by atoms with E-state index in [1.54, 1.807) is 17.3 Å². The molecule has 0 spiro atoms. The van der Waals surface area contributed by atoms with Crippen molar-refractivity contribution >= 4 is 25.2 Å². The summed E-state index contributed by atoms with van der Waals surface area (Å²) in [7, 11) is 0. The molecule has 1 saturated heterocycles. The summed E-state index contributed by atoms with van der Waals surface area (Å²) in [6.07, 6.45) is 5.62. The Morgan fingerprint density at radius 1 is 1.30 bits per heavy atom. The van der Waals surface area contributed by atoms with Crippen molar-refractivity contribution in [1.29, 1.82) is 0 Å². The van der Waals surface area contributed by atoms with E-state index in [0.29, 0.717) is 26.2 Å². The summed E-state index contributed by atoms with van der Waals surface area (Å²) in [5.74, 6) is 0. The smallest absolute Gasteiger partial charge is 0.410 e. The van der Waals surface area contributed by atoms with Crippen LogP contribution in [0.25, 0.3) is 0 Å². The van der Waals surface area contributed by atoms with E-state index in [9.17, 15) is 4.79 Å². The van der Waals surface area contributed by atoms with Crippen LogP contribution in [0.3, 0.4) is 0 Å². The summed E-state index contributed by atoms with van der Waals surface area (Å²) in [5.41, 5.74) is 3.18. The Kier molecular flexibility index (Phi) is 8.65. The van der Waals surface area contributed by atoms with Crippen LogP contribution in [0.15, 0.2) is 50.3 Å². The molecule has 27 heavy (non-hydrogen) atoms. The minimum atomic E-state index is -0.531. The van der Waals surface area contributed by atoms with Gasteiger partial charge in [0.1, 0.15) is 12.3 Å². The molecule has 0 aromatic heterocycles. The summed E-state index contributed by atoms with van der Waals surface area (Å²) in [5, 5.41) is 3.20. The molecule has 1 heterocycles. The van der Waals surface area contributed by atoms with Crippen LogP contribution in [-0.4, -0.2) is 55.5 Å². The Balaban J connectivity index is 2.89. The fourth-order valence-corrected chi connectivity index (χ4v) is 2.41. The van der Waals surface area contributed by atoms with E-state index < -0.39 is 5.60 Å². The predicted octanol–water partition coefficient (Wildman–Crippen LogP) is 3.71. The van der Waals surface area contributed by atoms with Gasteiger partial charge in [-0.05, 0) is 66.1 Å². The van der Waals surface area contributed by atoms with E-state index in [1.165, 1.54) is 0 Å². The maximum atomic E-state index is 12.4. The van der Waals surface area contributed by atoms with Crippen molar-refractivity contribution in [2.75, 3.05) is 19.8 Å². The molecule has 0 radical (unpaired) electrons. The Labute approximate surface area is 162 Å². The molecule has 0 bridgehead atoms. The van der Waals surface area contributed by atoms with Crippen LogP contribution in [0, 0.1) is 0 Å². The van der Waals surface area contributed by atoms with Gasteiger partial charge in [-0.15, -0.1) is 0 Å². The molecule has 0 aromatic carbocycles. The number of amides is 1. The van der Waals surface area contributed by atoms with Crippen molar-refractivity contribution in [3.8, 4) is 0 Å². The second-order valence-corrected chi connectivity index (χ2v) is 7.42. The molecule has 0 saturated carbocycles. The van der Waals surface area contributed by atoms with Crippen molar-refractivity contribution in [2.45, 2.75) is 46.6 Å². The quantitative estimate of drug-likeness (QED) is 0.569. The van der Waals surface area contributed by atoms with Crippen LogP contribution in [0.5, 0.6) is 0 Å². The van der Waals surface area contributed by atoms with Crippen molar-refractivity contribution < 1.29 is 9.53 Å². The molecule has 1 rings (SSSR count). The topological polar surface area (TPSA) is 78.7 Å². The molecule has 0 atom stereocenters. The zero-order valence-electron chi connectivity index (χ0n) is 17.1. The van der Waals surface area contributed by atoms with Crippen LogP contribution in [0.1, 0.15) is 41.0 Å². The highest BCUT2D eigenvalue weighted by Gasteiger charge is 2.27. The third-order valence-corrected chi connectivity index (χ3v) is 3.49. The molecule has 1 aliphatic rings. The number of likely N-dealkylation sites (tertiary alicyclic amines) is 1. The highest BCUT2D eigenvalue weighted by Crippen LogP contribution is 2.18. The van der Waals surface area contributed by atoms with Gasteiger partial charge >= 0.3 is 6.09 Å². The lowest BCUT2D eigenvalue weighted by atomic mass is 10.0. The zero-order valence-corrected chi connectivity index (χ0v) is 17.1. The van der Waals surface area contributed by atoms with Gasteiger partial charge in [0, 0.05) is 18.9 Å². The van der Waals surface area contributed by atoms with Gasteiger partial charge in [0.2, 0.25) is 0 Å². The molecule has 1 N–H and O–H groups in total. The number of piperidine rings is 1. The highest BCUT2D eigenvalue weighted by molar-refractivity contribution is 6.03. The van der Waals surface area contributed by atoms with Gasteiger partial charge in [-0.3, -0.25) is 15.0 Å². The number of carbonyl (C=O) groups excluding carboxylic acids is 1. The maximum Gasteiger partial charge on any atom is 0.410 e. The average molecular weight is 374 g/mol. The van der Waals surface area contributed by atoms with E-state index >= 15 is 0 Å². The van der Waals surface area contributed by atoms with Gasteiger partial charge in [0.05, 0.1) is 18.0 Å². The number of nitrogens with zero attached hydrogens (tertiary/aromatic N) is 4. The first-order chi connectivity index (χ1) is 12.7. The van der Waals surface area contributed by atoms with Gasteiger partial charge in [0.15, 0.2) is 0 Å². The van der Waals surface area contributed by atoms with Gasteiger partial charge in [0.25, 0.3) is 0 Å². The first kappa shape index (κ1) is 22.3. The normalized spacial score (nSPS) is 18.3. The molecular formula is C20H31N5O2. The predicted molar refractivity (Wildman–Crippen MR) is 113 cm³/mol. The minimum Gasteiger partial charge on any atom is -0.444 e. The van der Waals surface area contributed by atoms with E-state index in [-0.39, 0.29) is 6.09 Å². The molecule has 1 amide bonds. The third kappa shape index (κ3) is 8.48. The summed E-state index contributed by atoms with van der Waals surface area (Å²) in [6.45, 7) is 17.8. The van der Waals surface area contributed by atoms with E-state index in [4.69, 9.17) is 4.74 Å². The Morgan fingerprint density at radius 2 is 2.00 bits per heavy atom. The second-order valence-electron chi connectivity index (χ2n) is 7.42. The number of allylic oxidation sites excluding steroid dienone is 2. The standard InChI is InChI=1S/C20H31N5O2/c1-15(2)10-17(12-22-7)23-14-24-18-13-25(9-8-16(18)11-21-6)19(26)27-20(3,4)5/h10-12,23H,6-9,13-14H2,1-5H3/b16-11-,17-12+,24-18-. The Hall–Kier alpha value is -2.70. The van der Waals surface area contributed by atoms with E-state index in [1.807, 2.05) is 40.7 Å². The van der Waals surface area contributed by atoms with Crippen LogP contribution in [-0.2, 0) is 4.74 Å². The second kappa shape index (κ2) is 10.4. The number of carbonyl (C=O) groups is 1. The van der Waals surface area contributed by atoms with Crippen LogP contribution in [0.4, 0.5) is 4.79 Å². The fourth-order valence-electron chi connectivity index (χ4n) is 2.41. The molecule has 148 valence electrons. The van der Waals surface area contributed by atoms with Gasteiger partial charge in [-0.2, -0.15) is 0 Å². The van der Waals surface area contributed by atoms with Crippen molar-refractivity contribution in [3.05, 3.63) is 35.3 Å². The van der Waals surface area contributed by atoms with Crippen LogP contribution >= 0.6 is 0 Å². The van der Waals surface area contributed by atoms with Crippen molar-refractivity contribution in [2.24, 2.45) is 15.0 Å². The maximum absolute atomic E-state index is 12.4. The first-order valence-electron chi connectivity index (χ1n) is 8.87. The van der Waals surface area contributed by atoms with Gasteiger partial charge in [-0.25, -0.2) is 4.79 Å². The zero-order chi connectivity index (χ0) is 20.4. The molecule has 0 aromatic rings. The van der Waals surface area contributed by atoms with E-state index in [2.05, 4.69) is 33.7 Å². The summed E-state index contributed by atoms with van der Waals surface area (Å²) < 4.78 is 5.46. The number of nitrogens with one attached hydrogen (secondary N) is 1. The number of hydrogen-bond donors (Lipinski definition) is 1. The molecular weight excluding hydrogens is 342 g/mol. The first-order valence-corrected chi connectivity index (χ1v) is 8.87. The van der Waals surface area contributed by atoms with Gasteiger partial charge in [-0.1, -0.05) is 5.57 Å². The lowest BCUT2D eigenvalue weighted by Crippen LogP contribution is -2.44. The van der Waals surface area contributed by atoms with Crippen LogP contribution < -0.4 is 5.32 Å². The lowest BCUT2D eigenvalue weighted by Gasteiger charge is -2.31. The minimum absolute atomic E-state index is 0.338. The van der Waals surface area contributed by atoms with Gasteiger partial charge < -0.3 is 15.0 Å². The molecule has 0 unspecified atom stereocenters. The molecule has 7 nitrogen and oxygen atoms in total. The monoisotopic (exact) mass is 373 g/mol. The van der Waals surface area contributed by atoms with Crippen molar-refractivity contribution in [3.63, 3.8) is 0 Å². The Morgan fingerprint density at radius 3 is 2.56 bits per heavy atom. The number of rotatable bonds is 6. The highest BCUT2D eigenvalue weighted by atomic mass is 16.6. The molecule has 7 heteroatoms. The molecule has 0 aliphatic carbocycles. The summed E-state index contributed by atoms with van der Waals surface area (Å²) in [6, 6.07) is 0. The summed E-state index contributed by atoms with van der Waals surface area (Å²) in [4.78, 5) is 26.3. The molecule has 1 fully saturated rings. The van der Waals surface area contributed by atoms with E-state index in [0.717, 1.165) is 22.6 Å². The number of hydrogen-bond acceptors (Lipinski definition) is 6. The SMILES string of the molecule is C=N/C=C1/CCN(C(=O)OC(C)(C)C)C/C1=N/CN/C(C=C(C)C)=C/N=C. The fraction of sp³-hybridized carbons (Fsp3) is 0.500. The van der Waals surface area contributed by atoms with Crippen molar-refractivity contribution in [1.82, 2.24) is 10.2 Å².